The van der Waals surface area contributed by atoms with Crippen molar-refractivity contribution in [3.8, 4) is 0 Å². The molecule has 0 N–H and O–H groups in total. The predicted molar refractivity (Wildman–Crippen MR) is 76.1 cm³/mol. The van der Waals surface area contributed by atoms with Crippen molar-refractivity contribution in [1.29, 1.82) is 0 Å². The van der Waals surface area contributed by atoms with Crippen LogP contribution in [0.25, 0.3) is 0 Å². The minimum Gasteiger partial charge on any atom is -0.266 e. The molecule has 1 aromatic rings. The molecule has 5 heteroatoms. The van der Waals surface area contributed by atoms with E-state index in [1.165, 1.54) is 63.8 Å². The highest BCUT2D eigenvalue weighted by Crippen LogP contribution is 2.11. The summed E-state index contributed by atoms with van der Waals surface area (Å²) in [6.07, 6.45) is 14.3. The molecular formula is C14H25N3O2. The third-order valence-electron chi connectivity index (χ3n) is 3.32. The zero-order chi connectivity index (χ0) is 13.9. The standard InChI is InChI=1S/C14H25N3O2/c1-2-3-4-5-6-7-8-9-10-11-16-13-14(12-15-16)17(18)19/h12-13H,2-11H2,1H3. The molecule has 1 rings (SSSR count). The first kappa shape index (κ1) is 15.7. The normalized spacial score (nSPS) is 10.8. The van der Waals surface area contributed by atoms with Crippen LogP contribution >= 0.6 is 0 Å². The zero-order valence-electron chi connectivity index (χ0n) is 11.9. The maximum absolute atomic E-state index is 10.5. The minimum absolute atomic E-state index is 0.0796. The van der Waals surface area contributed by atoms with Gasteiger partial charge in [-0.15, -0.1) is 0 Å². The van der Waals surface area contributed by atoms with E-state index in [0.29, 0.717) is 0 Å². The van der Waals surface area contributed by atoms with Gasteiger partial charge in [0.2, 0.25) is 0 Å². The van der Waals surface area contributed by atoms with Crippen molar-refractivity contribution in [3.05, 3.63) is 22.5 Å². The number of nitro groups is 1. The molecule has 0 unspecified atom stereocenters. The molecule has 5 nitrogen and oxygen atoms in total. The molecule has 0 amide bonds. The number of aromatic nitrogens is 2. The molecule has 108 valence electrons. The molecular weight excluding hydrogens is 242 g/mol. The Labute approximate surface area is 115 Å². The highest BCUT2D eigenvalue weighted by molar-refractivity contribution is 5.20. The minimum atomic E-state index is -0.403. The van der Waals surface area contributed by atoms with Gasteiger partial charge in [-0.05, 0) is 6.42 Å². The van der Waals surface area contributed by atoms with E-state index in [-0.39, 0.29) is 5.69 Å². The fraction of sp³-hybridized carbons (Fsp3) is 0.786. The van der Waals surface area contributed by atoms with Crippen molar-refractivity contribution >= 4 is 5.69 Å². The second-order valence-electron chi connectivity index (χ2n) is 5.05. The summed E-state index contributed by atoms with van der Waals surface area (Å²) in [5, 5.41) is 14.5. The van der Waals surface area contributed by atoms with Crippen LogP contribution in [-0.4, -0.2) is 14.7 Å². The zero-order valence-corrected chi connectivity index (χ0v) is 11.9. The summed E-state index contributed by atoms with van der Waals surface area (Å²) in [5.74, 6) is 0. The average molecular weight is 267 g/mol. The summed E-state index contributed by atoms with van der Waals surface area (Å²) in [4.78, 5) is 10.1. The summed E-state index contributed by atoms with van der Waals surface area (Å²) in [5.41, 5.74) is 0.0796. The lowest BCUT2D eigenvalue weighted by Crippen LogP contribution is -1.98. The van der Waals surface area contributed by atoms with E-state index in [9.17, 15) is 10.1 Å². The molecule has 19 heavy (non-hydrogen) atoms. The van der Waals surface area contributed by atoms with Gasteiger partial charge in [-0.3, -0.25) is 14.8 Å². The first-order chi connectivity index (χ1) is 9.24. The summed E-state index contributed by atoms with van der Waals surface area (Å²) in [6.45, 7) is 3.02. The fourth-order valence-corrected chi connectivity index (χ4v) is 2.15. The first-order valence-corrected chi connectivity index (χ1v) is 7.41. The molecule has 0 fully saturated rings. The van der Waals surface area contributed by atoms with Crippen LogP contribution in [-0.2, 0) is 6.54 Å². The SMILES string of the molecule is CCCCCCCCCCCn1cc([N+](=O)[O-])cn1. The Kier molecular flexibility index (Phi) is 7.86. The van der Waals surface area contributed by atoms with E-state index in [0.717, 1.165) is 13.0 Å². The van der Waals surface area contributed by atoms with Crippen molar-refractivity contribution in [1.82, 2.24) is 9.78 Å². The Hall–Kier alpha value is -1.39. The smallest absolute Gasteiger partial charge is 0.266 e. The Morgan fingerprint density at radius 1 is 1.11 bits per heavy atom. The molecule has 0 aliphatic carbocycles. The first-order valence-electron chi connectivity index (χ1n) is 7.41. The number of rotatable bonds is 11. The maximum atomic E-state index is 10.5. The quantitative estimate of drug-likeness (QED) is 0.341. The van der Waals surface area contributed by atoms with Gasteiger partial charge in [0.1, 0.15) is 12.4 Å². The number of hydrogen-bond donors (Lipinski definition) is 0. The maximum Gasteiger partial charge on any atom is 0.306 e. The molecule has 0 saturated carbocycles. The average Bonchev–Trinajstić information content (AvgIpc) is 2.86. The molecule has 0 aliphatic heterocycles. The third-order valence-corrected chi connectivity index (χ3v) is 3.32. The van der Waals surface area contributed by atoms with E-state index in [1.54, 1.807) is 4.68 Å². The van der Waals surface area contributed by atoms with Crippen LogP contribution in [0, 0.1) is 10.1 Å². The van der Waals surface area contributed by atoms with E-state index >= 15 is 0 Å². The van der Waals surface area contributed by atoms with Crippen LogP contribution in [0.15, 0.2) is 12.4 Å². The fourth-order valence-electron chi connectivity index (χ4n) is 2.15. The van der Waals surface area contributed by atoms with Gasteiger partial charge in [0.25, 0.3) is 0 Å². The number of nitrogens with zero attached hydrogens (tertiary/aromatic N) is 3. The summed E-state index contributed by atoms with van der Waals surface area (Å²) < 4.78 is 1.67. The topological polar surface area (TPSA) is 61.0 Å². The highest BCUT2D eigenvalue weighted by atomic mass is 16.6. The van der Waals surface area contributed by atoms with Crippen LogP contribution in [0.4, 0.5) is 5.69 Å². The third kappa shape index (κ3) is 6.94. The number of hydrogen-bond acceptors (Lipinski definition) is 3. The van der Waals surface area contributed by atoms with Crippen molar-refractivity contribution in [2.24, 2.45) is 0 Å². The van der Waals surface area contributed by atoms with E-state index in [1.807, 2.05) is 0 Å². The second kappa shape index (κ2) is 9.53. The Morgan fingerprint density at radius 3 is 2.21 bits per heavy atom. The molecule has 0 atom stereocenters. The van der Waals surface area contributed by atoms with Gasteiger partial charge in [0.15, 0.2) is 0 Å². The van der Waals surface area contributed by atoms with Crippen LogP contribution in [0.2, 0.25) is 0 Å². The largest absolute Gasteiger partial charge is 0.306 e. The lowest BCUT2D eigenvalue weighted by atomic mass is 10.1. The molecule has 0 aliphatic rings. The predicted octanol–water partition coefficient (Wildman–Crippen LogP) is 4.32. The lowest BCUT2D eigenvalue weighted by molar-refractivity contribution is -0.385. The van der Waals surface area contributed by atoms with Crippen molar-refractivity contribution < 1.29 is 4.92 Å². The molecule has 0 spiro atoms. The Bertz CT molecular complexity index is 363. The van der Waals surface area contributed by atoms with Gasteiger partial charge >= 0.3 is 5.69 Å². The molecule has 0 radical (unpaired) electrons. The van der Waals surface area contributed by atoms with Crippen LogP contribution in [0.3, 0.4) is 0 Å². The van der Waals surface area contributed by atoms with Crippen LogP contribution in [0.1, 0.15) is 64.7 Å². The number of unbranched alkanes of at least 4 members (excludes halogenated alkanes) is 8. The lowest BCUT2D eigenvalue weighted by Gasteiger charge is -2.02. The highest BCUT2D eigenvalue weighted by Gasteiger charge is 2.07. The van der Waals surface area contributed by atoms with Gasteiger partial charge in [-0.25, -0.2) is 0 Å². The molecule has 0 bridgehead atoms. The van der Waals surface area contributed by atoms with Gasteiger partial charge in [-0.1, -0.05) is 58.3 Å². The molecule has 1 aromatic heterocycles. The van der Waals surface area contributed by atoms with Gasteiger partial charge in [-0.2, -0.15) is 5.10 Å². The van der Waals surface area contributed by atoms with Crippen molar-refractivity contribution in [3.63, 3.8) is 0 Å². The van der Waals surface area contributed by atoms with Gasteiger partial charge in [0.05, 0.1) is 4.92 Å². The Balaban J connectivity index is 1.97. The van der Waals surface area contributed by atoms with E-state index in [2.05, 4.69) is 12.0 Å². The van der Waals surface area contributed by atoms with Crippen LogP contribution in [0.5, 0.6) is 0 Å². The van der Waals surface area contributed by atoms with Crippen molar-refractivity contribution in [2.45, 2.75) is 71.3 Å². The van der Waals surface area contributed by atoms with E-state index < -0.39 is 4.92 Å². The monoisotopic (exact) mass is 267 g/mol. The van der Waals surface area contributed by atoms with Crippen molar-refractivity contribution in [2.75, 3.05) is 0 Å². The van der Waals surface area contributed by atoms with Gasteiger partial charge in [0, 0.05) is 6.54 Å². The summed E-state index contributed by atoms with van der Waals surface area (Å²) in [6, 6.07) is 0. The Morgan fingerprint density at radius 2 is 1.68 bits per heavy atom. The molecule has 0 aromatic carbocycles. The summed E-state index contributed by atoms with van der Waals surface area (Å²) in [7, 11) is 0. The second-order valence-corrected chi connectivity index (χ2v) is 5.05. The van der Waals surface area contributed by atoms with Gasteiger partial charge < -0.3 is 0 Å². The number of aryl methyl sites for hydroxylation is 1. The summed E-state index contributed by atoms with van der Waals surface area (Å²) >= 11 is 0. The van der Waals surface area contributed by atoms with Crippen LogP contribution < -0.4 is 0 Å². The molecule has 1 heterocycles. The molecule has 0 saturated heterocycles. The van der Waals surface area contributed by atoms with E-state index in [4.69, 9.17) is 0 Å².